The Morgan fingerprint density at radius 3 is 2.86 bits per heavy atom. The number of anilines is 1. The first-order chi connectivity index (χ1) is 14.0. The van der Waals surface area contributed by atoms with Gasteiger partial charge in [0.15, 0.2) is 5.82 Å². The second-order valence-corrected chi connectivity index (χ2v) is 7.14. The van der Waals surface area contributed by atoms with Gasteiger partial charge in [-0.1, -0.05) is 29.8 Å². The minimum Gasteiger partial charge on any atom is -0.322 e. The van der Waals surface area contributed by atoms with Crippen LogP contribution in [0.3, 0.4) is 0 Å². The number of amides is 1. The van der Waals surface area contributed by atoms with E-state index in [4.69, 9.17) is 28.2 Å². The minimum absolute atomic E-state index is 0.282. The van der Waals surface area contributed by atoms with Gasteiger partial charge in [-0.15, -0.1) is 0 Å². The molecule has 6 nitrogen and oxygen atoms in total. The molecule has 4 aromatic rings. The molecule has 0 saturated heterocycles. The van der Waals surface area contributed by atoms with Crippen molar-refractivity contribution in [3.63, 3.8) is 0 Å². The Morgan fingerprint density at radius 2 is 2.03 bits per heavy atom. The highest BCUT2D eigenvalue weighted by Gasteiger charge is 2.10. The monoisotopic (exact) mass is 423 g/mol. The lowest BCUT2D eigenvalue weighted by Gasteiger charge is -2.08. The van der Waals surface area contributed by atoms with Gasteiger partial charge in [-0.05, 0) is 48.0 Å². The van der Waals surface area contributed by atoms with Crippen molar-refractivity contribution in [1.29, 1.82) is 0 Å². The smallest absolute Gasteiger partial charge is 0.247 e. The third-order valence-electron chi connectivity index (χ3n) is 4.30. The number of hydrogen-bond donors (Lipinski definition) is 1. The number of fused-ring (bicyclic) bond motifs is 1. The lowest BCUT2D eigenvalue weighted by atomic mass is 10.1. The van der Waals surface area contributed by atoms with Crippen molar-refractivity contribution in [2.75, 3.05) is 5.32 Å². The number of aromatic nitrogens is 4. The van der Waals surface area contributed by atoms with Crippen molar-refractivity contribution in [3.05, 3.63) is 89.1 Å². The van der Waals surface area contributed by atoms with E-state index in [1.807, 2.05) is 22.8 Å². The number of rotatable bonds is 5. The molecule has 29 heavy (non-hydrogen) atoms. The SMILES string of the molecule is C=CC(=O)Nc1ccc2ncn(-c3cncc(Cc4cc(Cl)ccc4Cl)n3)c2c1. The maximum atomic E-state index is 11.6. The summed E-state index contributed by atoms with van der Waals surface area (Å²) in [6.45, 7) is 3.46. The standard InChI is InChI=1S/C21H15Cl2N5O/c1-2-21(29)27-15-4-6-18-19(9-15)28(12-25-18)20-11-24-10-16(26-20)8-13-7-14(22)3-5-17(13)23/h2-7,9-12H,1,8H2,(H,27,29). The number of imidazole rings is 1. The summed E-state index contributed by atoms with van der Waals surface area (Å²) < 4.78 is 1.81. The quantitative estimate of drug-likeness (QED) is 0.466. The third-order valence-corrected chi connectivity index (χ3v) is 4.90. The Kier molecular flexibility index (Phi) is 5.29. The third kappa shape index (κ3) is 4.13. The summed E-state index contributed by atoms with van der Waals surface area (Å²) in [7, 11) is 0. The number of halogens is 2. The van der Waals surface area contributed by atoms with Crippen LogP contribution in [0.25, 0.3) is 16.9 Å². The zero-order valence-corrected chi connectivity index (χ0v) is 16.7. The van der Waals surface area contributed by atoms with Crippen LogP contribution in [0.1, 0.15) is 11.3 Å². The summed E-state index contributed by atoms with van der Waals surface area (Å²) in [5.74, 6) is 0.325. The number of carbonyl (C=O) groups excluding carboxylic acids is 1. The molecule has 144 valence electrons. The van der Waals surface area contributed by atoms with E-state index in [0.29, 0.717) is 28.0 Å². The van der Waals surface area contributed by atoms with Crippen molar-refractivity contribution in [3.8, 4) is 5.82 Å². The van der Waals surface area contributed by atoms with E-state index in [1.54, 1.807) is 36.9 Å². The molecular formula is C21H15Cl2N5O. The van der Waals surface area contributed by atoms with Crippen LogP contribution >= 0.6 is 23.2 Å². The molecule has 0 aliphatic heterocycles. The van der Waals surface area contributed by atoms with Crippen molar-refractivity contribution in [2.24, 2.45) is 0 Å². The normalized spacial score (nSPS) is 10.8. The molecule has 0 aliphatic rings. The van der Waals surface area contributed by atoms with Gasteiger partial charge in [0.1, 0.15) is 6.33 Å². The van der Waals surface area contributed by atoms with Crippen LogP contribution in [-0.4, -0.2) is 25.4 Å². The number of nitrogens with one attached hydrogen (secondary N) is 1. The second kappa shape index (κ2) is 8.03. The molecule has 0 unspecified atom stereocenters. The van der Waals surface area contributed by atoms with Crippen LogP contribution in [-0.2, 0) is 11.2 Å². The van der Waals surface area contributed by atoms with Crippen molar-refractivity contribution < 1.29 is 4.79 Å². The maximum Gasteiger partial charge on any atom is 0.247 e. The molecule has 2 heterocycles. The molecule has 1 N–H and O–H groups in total. The number of nitrogens with zero attached hydrogens (tertiary/aromatic N) is 4. The Labute approximate surface area is 176 Å². The highest BCUT2D eigenvalue weighted by molar-refractivity contribution is 6.33. The summed E-state index contributed by atoms with van der Waals surface area (Å²) in [5.41, 5.74) is 3.81. The van der Waals surface area contributed by atoms with Gasteiger partial charge in [-0.3, -0.25) is 14.3 Å². The van der Waals surface area contributed by atoms with Crippen molar-refractivity contribution in [1.82, 2.24) is 19.5 Å². The number of carbonyl (C=O) groups is 1. The summed E-state index contributed by atoms with van der Waals surface area (Å²) in [5, 5.41) is 3.98. The predicted octanol–water partition coefficient (Wildman–Crippen LogP) is 4.84. The van der Waals surface area contributed by atoms with Crippen LogP contribution in [0.2, 0.25) is 10.0 Å². The Balaban J connectivity index is 1.70. The molecular weight excluding hydrogens is 409 g/mol. The summed E-state index contributed by atoms with van der Waals surface area (Å²) >= 11 is 12.3. The number of benzene rings is 2. The molecule has 0 atom stereocenters. The molecule has 1 amide bonds. The minimum atomic E-state index is -0.282. The van der Waals surface area contributed by atoms with Gasteiger partial charge in [0, 0.05) is 28.4 Å². The zero-order valence-electron chi connectivity index (χ0n) is 15.1. The molecule has 0 radical (unpaired) electrons. The van der Waals surface area contributed by atoms with Crippen molar-refractivity contribution >= 4 is 45.8 Å². The predicted molar refractivity (Wildman–Crippen MR) is 115 cm³/mol. The van der Waals surface area contributed by atoms with Crippen LogP contribution in [0.4, 0.5) is 5.69 Å². The van der Waals surface area contributed by atoms with E-state index in [-0.39, 0.29) is 5.91 Å². The van der Waals surface area contributed by atoms with E-state index in [1.165, 1.54) is 6.08 Å². The van der Waals surface area contributed by atoms with Crippen LogP contribution in [0.15, 0.2) is 67.8 Å². The summed E-state index contributed by atoms with van der Waals surface area (Å²) in [6.07, 6.45) is 6.73. The maximum absolute atomic E-state index is 11.6. The van der Waals surface area contributed by atoms with Gasteiger partial charge < -0.3 is 5.32 Å². The van der Waals surface area contributed by atoms with Crippen LogP contribution < -0.4 is 5.32 Å². The van der Waals surface area contributed by atoms with Gasteiger partial charge in [0.2, 0.25) is 5.91 Å². The average Bonchev–Trinajstić information content (AvgIpc) is 3.14. The van der Waals surface area contributed by atoms with Gasteiger partial charge in [0.25, 0.3) is 0 Å². The topological polar surface area (TPSA) is 72.7 Å². The van der Waals surface area contributed by atoms with Gasteiger partial charge in [0.05, 0.1) is 22.9 Å². The fourth-order valence-corrected chi connectivity index (χ4v) is 3.31. The zero-order chi connectivity index (χ0) is 20.4. The lowest BCUT2D eigenvalue weighted by molar-refractivity contribution is -0.111. The van der Waals surface area contributed by atoms with E-state index in [9.17, 15) is 4.79 Å². The van der Waals surface area contributed by atoms with E-state index >= 15 is 0 Å². The van der Waals surface area contributed by atoms with Crippen molar-refractivity contribution in [2.45, 2.75) is 6.42 Å². The van der Waals surface area contributed by atoms with E-state index < -0.39 is 0 Å². The average molecular weight is 424 g/mol. The first-order valence-corrected chi connectivity index (χ1v) is 9.45. The molecule has 0 bridgehead atoms. The number of hydrogen-bond acceptors (Lipinski definition) is 4. The molecule has 0 aliphatic carbocycles. The van der Waals surface area contributed by atoms with Crippen LogP contribution in [0.5, 0.6) is 0 Å². The fraction of sp³-hybridized carbons (Fsp3) is 0.0476. The largest absolute Gasteiger partial charge is 0.322 e. The fourth-order valence-electron chi connectivity index (χ4n) is 2.93. The summed E-state index contributed by atoms with van der Waals surface area (Å²) in [4.78, 5) is 25.0. The Morgan fingerprint density at radius 1 is 1.17 bits per heavy atom. The highest BCUT2D eigenvalue weighted by atomic mass is 35.5. The van der Waals surface area contributed by atoms with Gasteiger partial charge in [-0.2, -0.15) is 0 Å². The first-order valence-electron chi connectivity index (χ1n) is 8.69. The van der Waals surface area contributed by atoms with Crippen LogP contribution in [0, 0.1) is 0 Å². The molecule has 4 rings (SSSR count). The van der Waals surface area contributed by atoms with E-state index in [2.05, 4.69) is 21.9 Å². The molecule has 2 aromatic carbocycles. The molecule has 0 saturated carbocycles. The summed E-state index contributed by atoms with van der Waals surface area (Å²) in [6, 6.07) is 10.8. The second-order valence-electron chi connectivity index (χ2n) is 6.29. The molecule has 2 aromatic heterocycles. The highest BCUT2D eigenvalue weighted by Crippen LogP contribution is 2.24. The van der Waals surface area contributed by atoms with Gasteiger partial charge in [-0.25, -0.2) is 9.97 Å². The van der Waals surface area contributed by atoms with E-state index in [0.717, 1.165) is 22.3 Å². The molecule has 0 fully saturated rings. The Hall–Kier alpha value is -3.22. The Bertz CT molecular complexity index is 1230. The molecule has 8 heteroatoms. The molecule has 0 spiro atoms. The van der Waals surface area contributed by atoms with Gasteiger partial charge >= 0.3 is 0 Å². The lowest BCUT2D eigenvalue weighted by Crippen LogP contribution is -2.07. The first kappa shape index (κ1) is 19.1.